The Morgan fingerprint density at radius 1 is 1.43 bits per heavy atom. The summed E-state index contributed by atoms with van der Waals surface area (Å²) in [4.78, 5) is 10.6. The van der Waals surface area contributed by atoms with Crippen LogP contribution in [0.1, 0.15) is 51.1 Å². The Labute approximate surface area is 130 Å². The summed E-state index contributed by atoms with van der Waals surface area (Å²) in [5.74, 6) is 1.15. The molecule has 116 valence electrons. The fourth-order valence-electron chi connectivity index (χ4n) is 3.09. The first-order chi connectivity index (χ1) is 10.2. The number of hydrogen-bond donors (Lipinski definition) is 1. The van der Waals surface area contributed by atoms with Gasteiger partial charge in [0.05, 0.1) is 4.92 Å². The van der Waals surface area contributed by atoms with E-state index in [2.05, 4.69) is 19.2 Å². The molecule has 2 rings (SSSR count). The van der Waals surface area contributed by atoms with Gasteiger partial charge in [-0.2, -0.15) is 11.8 Å². The number of nitrogens with one attached hydrogen (secondary N) is 1. The topological polar surface area (TPSA) is 55.2 Å². The second-order valence-electron chi connectivity index (χ2n) is 5.51. The van der Waals surface area contributed by atoms with Crippen molar-refractivity contribution in [2.75, 3.05) is 5.75 Å². The first-order valence-corrected chi connectivity index (χ1v) is 8.82. The Hall–Kier alpha value is -1.07. The molecule has 1 aromatic carbocycles. The van der Waals surface area contributed by atoms with E-state index in [1.165, 1.54) is 19.3 Å². The van der Waals surface area contributed by atoms with Crippen molar-refractivity contribution >= 4 is 17.4 Å². The molecule has 0 saturated heterocycles. The molecule has 4 nitrogen and oxygen atoms in total. The summed E-state index contributed by atoms with van der Waals surface area (Å²) in [7, 11) is 0. The van der Waals surface area contributed by atoms with Crippen LogP contribution >= 0.6 is 11.8 Å². The zero-order chi connectivity index (χ0) is 15.2. The van der Waals surface area contributed by atoms with E-state index in [0.29, 0.717) is 11.3 Å². The molecule has 1 saturated carbocycles. The molecule has 1 N–H and O–H groups in total. The van der Waals surface area contributed by atoms with E-state index in [4.69, 9.17) is 0 Å². The van der Waals surface area contributed by atoms with Gasteiger partial charge in [-0.1, -0.05) is 32.4 Å². The lowest BCUT2D eigenvalue weighted by Gasteiger charge is -2.26. The molecule has 0 aliphatic heterocycles. The maximum atomic E-state index is 10.9. The van der Waals surface area contributed by atoms with E-state index < -0.39 is 0 Å². The van der Waals surface area contributed by atoms with Crippen molar-refractivity contribution < 1.29 is 4.92 Å². The van der Waals surface area contributed by atoms with Gasteiger partial charge in [-0.3, -0.25) is 10.1 Å². The highest BCUT2D eigenvalue weighted by atomic mass is 32.2. The summed E-state index contributed by atoms with van der Waals surface area (Å²) >= 11 is 2.03. The fourth-order valence-corrected chi connectivity index (χ4v) is 4.30. The molecule has 3 unspecified atom stereocenters. The molecular weight excluding hydrogens is 284 g/mol. The maximum Gasteiger partial charge on any atom is 0.269 e. The van der Waals surface area contributed by atoms with Gasteiger partial charge in [0.15, 0.2) is 0 Å². The van der Waals surface area contributed by atoms with Gasteiger partial charge >= 0.3 is 0 Å². The quantitative estimate of drug-likeness (QED) is 0.602. The highest BCUT2D eigenvalue weighted by Crippen LogP contribution is 2.32. The fraction of sp³-hybridized carbons (Fsp3) is 0.625. The number of non-ortho nitro benzene ring substituents is 1. The Bertz CT molecular complexity index is 481. The Morgan fingerprint density at radius 2 is 2.24 bits per heavy atom. The van der Waals surface area contributed by atoms with Gasteiger partial charge in [-0.05, 0) is 30.6 Å². The van der Waals surface area contributed by atoms with Gasteiger partial charge in [0, 0.05) is 29.5 Å². The summed E-state index contributed by atoms with van der Waals surface area (Å²) in [6.45, 7) is 4.34. The molecule has 0 aromatic heterocycles. The van der Waals surface area contributed by atoms with Crippen LogP contribution in [0.15, 0.2) is 24.3 Å². The molecule has 0 bridgehead atoms. The number of rotatable bonds is 7. The lowest BCUT2D eigenvalue weighted by atomic mass is 10.0. The number of hydrogen-bond acceptors (Lipinski definition) is 4. The number of nitro groups is 1. The van der Waals surface area contributed by atoms with Crippen LogP contribution in [0.4, 0.5) is 5.69 Å². The number of nitro benzene ring substituents is 1. The van der Waals surface area contributed by atoms with Gasteiger partial charge in [0.2, 0.25) is 0 Å². The van der Waals surface area contributed by atoms with Crippen molar-refractivity contribution in [2.45, 2.75) is 56.9 Å². The maximum absolute atomic E-state index is 10.9. The Kier molecular flexibility index (Phi) is 6.06. The standard InChI is InChI=1S/C16H24N2O2S/c1-3-14(12-7-5-8-13(11-12)18(19)20)17-15-9-6-10-16(15)21-4-2/h5,7-8,11,14-17H,3-4,6,9-10H2,1-2H3. The van der Waals surface area contributed by atoms with E-state index >= 15 is 0 Å². The lowest BCUT2D eigenvalue weighted by Crippen LogP contribution is -2.37. The van der Waals surface area contributed by atoms with Gasteiger partial charge in [-0.25, -0.2) is 0 Å². The van der Waals surface area contributed by atoms with Crippen LogP contribution in [0.5, 0.6) is 0 Å². The highest BCUT2D eigenvalue weighted by molar-refractivity contribution is 7.99. The van der Waals surface area contributed by atoms with Gasteiger partial charge in [-0.15, -0.1) is 0 Å². The SMILES string of the molecule is CCSC1CCCC1NC(CC)c1cccc([N+](=O)[O-])c1. The van der Waals surface area contributed by atoms with Crippen LogP contribution in [-0.4, -0.2) is 22.0 Å². The molecule has 0 heterocycles. The van der Waals surface area contributed by atoms with E-state index in [1.807, 2.05) is 17.8 Å². The number of thioether (sulfide) groups is 1. The molecule has 5 heteroatoms. The first kappa shape index (κ1) is 16.3. The lowest BCUT2D eigenvalue weighted by molar-refractivity contribution is -0.384. The van der Waals surface area contributed by atoms with E-state index in [9.17, 15) is 10.1 Å². The van der Waals surface area contributed by atoms with Crippen molar-refractivity contribution in [2.24, 2.45) is 0 Å². The highest BCUT2D eigenvalue weighted by Gasteiger charge is 2.29. The van der Waals surface area contributed by atoms with Gasteiger partial charge < -0.3 is 5.32 Å². The first-order valence-electron chi connectivity index (χ1n) is 7.77. The average molecular weight is 308 g/mol. The van der Waals surface area contributed by atoms with Crippen molar-refractivity contribution in [3.8, 4) is 0 Å². The number of nitrogens with zero attached hydrogens (tertiary/aromatic N) is 1. The third kappa shape index (κ3) is 4.20. The monoisotopic (exact) mass is 308 g/mol. The minimum atomic E-state index is -0.318. The van der Waals surface area contributed by atoms with Crippen molar-refractivity contribution in [1.29, 1.82) is 0 Å². The Morgan fingerprint density at radius 3 is 2.90 bits per heavy atom. The van der Waals surface area contributed by atoms with E-state index in [1.54, 1.807) is 18.2 Å². The van der Waals surface area contributed by atoms with Crippen molar-refractivity contribution in [1.82, 2.24) is 5.32 Å². The van der Waals surface area contributed by atoms with Crippen LogP contribution < -0.4 is 5.32 Å². The molecule has 21 heavy (non-hydrogen) atoms. The predicted octanol–water partition coefficient (Wildman–Crippen LogP) is 4.31. The normalized spacial score (nSPS) is 23.1. The minimum absolute atomic E-state index is 0.179. The van der Waals surface area contributed by atoms with E-state index in [0.717, 1.165) is 17.7 Å². The molecule has 1 aliphatic rings. The molecule has 1 aliphatic carbocycles. The molecular formula is C16H24N2O2S. The largest absolute Gasteiger partial charge is 0.306 e. The smallest absolute Gasteiger partial charge is 0.269 e. The van der Waals surface area contributed by atoms with Crippen LogP contribution in [-0.2, 0) is 0 Å². The predicted molar refractivity (Wildman–Crippen MR) is 88.8 cm³/mol. The zero-order valence-corrected chi connectivity index (χ0v) is 13.6. The molecule has 0 radical (unpaired) electrons. The Balaban J connectivity index is 2.09. The minimum Gasteiger partial charge on any atom is -0.306 e. The second kappa shape index (κ2) is 7.80. The van der Waals surface area contributed by atoms with Crippen LogP contribution in [0.25, 0.3) is 0 Å². The summed E-state index contributed by atoms with van der Waals surface area (Å²) in [6, 6.07) is 7.77. The van der Waals surface area contributed by atoms with Gasteiger partial charge in [0.1, 0.15) is 0 Å². The average Bonchev–Trinajstić information content (AvgIpc) is 2.92. The molecule has 3 atom stereocenters. The summed E-state index contributed by atoms with van der Waals surface area (Å²) in [5.41, 5.74) is 1.21. The van der Waals surface area contributed by atoms with Crippen LogP contribution in [0.2, 0.25) is 0 Å². The summed E-state index contributed by atoms with van der Waals surface area (Å²) < 4.78 is 0. The summed E-state index contributed by atoms with van der Waals surface area (Å²) in [5, 5.41) is 15.4. The molecule has 1 fully saturated rings. The second-order valence-corrected chi connectivity index (χ2v) is 7.03. The molecule has 0 spiro atoms. The zero-order valence-electron chi connectivity index (χ0n) is 12.7. The van der Waals surface area contributed by atoms with Crippen LogP contribution in [0.3, 0.4) is 0 Å². The van der Waals surface area contributed by atoms with Crippen LogP contribution in [0, 0.1) is 10.1 Å². The van der Waals surface area contributed by atoms with Crippen molar-refractivity contribution in [3.63, 3.8) is 0 Å². The van der Waals surface area contributed by atoms with E-state index in [-0.39, 0.29) is 16.7 Å². The summed E-state index contributed by atoms with van der Waals surface area (Å²) in [6.07, 6.45) is 4.71. The van der Waals surface area contributed by atoms with Gasteiger partial charge in [0.25, 0.3) is 5.69 Å². The number of benzene rings is 1. The molecule has 1 aromatic rings. The third-order valence-corrected chi connectivity index (χ3v) is 5.47. The van der Waals surface area contributed by atoms with Crippen molar-refractivity contribution in [3.05, 3.63) is 39.9 Å². The third-order valence-electron chi connectivity index (χ3n) is 4.14. The molecule has 0 amide bonds.